The molecule has 0 fully saturated rings. The fraction of sp³-hybridized carbons (Fsp3) is 0.278. The second-order valence-electron chi connectivity index (χ2n) is 5.96. The first-order valence-electron chi connectivity index (χ1n) is 7.28. The van der Waals surface area contributed by atoms with Crippen molar-refractivity contribution >= 4 is 29.1 Å². The molecule has 0 spiro atoms. The smallest absolute Gasteiger partial charge is 0.258 e. The summed E-state index contributed by atoms with van der Waals surface area (Å²) in [5.41, 5.74) is 0.797. The first kappa shape index (κ1) is 17.6. The van der Waals surface area contributed by atoms with E-state index in [0.717, 1.165) is 6.42 Å². The number of hydrogen-bond donors (Lipinski definition) is 1. The van der Waals surface area contributed by atoms with Crippen LogP contribution in [0.15, 0.2) is 48.5 Å². The molecular formula is C18H19Cl2NO2. The third kappa shape index (κ3) is 5.77. The number of carbonyl (C=O) groups excluding carboxylic acids is 1. The molecule has 0 unspecified atom stereocenters. The lowest BCUT2D eigenvalue weighted by molar-refractivity contribution is -0.124. The minimum atomic E-state index is -0.369. The Balaban J connectivity index is 1.88. The van der Waals surface area contributed by atoms with Gasteiger partial charge < -0.3 is 10.1 Å². The van der Waals surface area contributed by atoms with Crippen LogP contribution in [0.5, 0.6) is 5.75 Å². The van der Waals surface area contributed by atoms with Crippen LogP contribution < -0.4 is 10.1 Å². The highest BCUT2D eigenvalue weighted by Crippen LogP contribution is 2.27. The van der Waals surface area contributed by atoms with Crippen molar-refractivity contribution in [1.29, 1.82) is 0 Å². The van der Waals surface area contributed by atoms with Gasteiger partial charge in [0.25, 0.3) is 5.91 Å². The Kier molecular flexibility index (Phi) is 5.91. The molecule has 0 saturated heterocycles. The number of rotatable bonds is 6. The van der Waals surface area contributed by atoms with Gasteiger partial charge in [-0.2, -0.15) is 0 Å². The van der Waals surface area contributed by atoms with E-state index in [9.17, 15) is 4.79 Å². The predicted octanol–water partition coefficient (Wildman–Crippen LogP) is 4.51. The number of ether oxygens (including phenoxy) is 1. The van der Waals surface area contributed by atoms with E-state index in [1.54, 1.807) is 18.2 Å². The van der Waals surface area contributed by atoms with Gasteiger partial charge in [-0.25, -0.2) is 0 Å². The average Bonchev–Trinajstić information content (AvgIpc) is 2.46. The van der Waals surface area contributed by atoms with Crippen LogP contribution in [0.25, 0.3) is 0 Å². The first-order chi connectivity index (χ1) is 10.9. The lowest BCUT2D eigenvalue weighted by Crippen LogP contribution is -2.47. The molecule has 0 bridgehead atoms. The average molecular weight is 352 g/mol. The normalized spacial score (nSPS) is 11.1. The molecule has 0 aliphatic carbocycles. The van der Waals surface area contributed by atoms with Crippen LogP contribution in [0.1, 0.15) is 19.4 Å². The first-order valence-corrected chi connectivity index (χ1v) is 8.04. The summed E-state index contributed by atoms with van der Waals surface area (Å²) in [5, 5.41) is 3.88. The second kappa shape index (κ2) is 7.71. The lowest BCUT2D eigenvalue weighted by Gasteiger charge is -2.26. The number of amides is 1. The summed E-state index contributed by atoms with van der Waals surface area (Å²) < 4.78 is 5.45. The molecule has 2 aromatic carbocycles. The van der Waals surface area contributed by atoms with E-state index < -0.39 is 0 Å². The second-order valence-corrected chi connectivity index (χ2v) is 6.80. The summed E-state index contributed by atoms with van der Waals surface area (Å²) >= 11 is 11.8. The van der Waals surface area contributed by atoms with Crippen molar-refractivity contribution in [2.75, 3.05) is 6.61 Å². The monoisotopic (exact) mass is 351 g/mol. The van der Waals surface area contributed by atoms with Crippen LogP contribution in [0.2, 0.25) is 10.0 Å². The van der Waals surface area contributed by atoms with Crippen molar-refractivity contribution < 1.29 is 9.53 Å². The van der Waals surface area contributed by atoms with Crippen LogP contribution in [0.4, 0.5) is 0 Å². The van der Waals surface area contributed by atoms with Gasteiger partial charge >= 0.3 is 0 Å². The topological polar surface area (TPSA) is 38.3 Å². The van der Waals surface area contributed by atoms with Crippen LogP contribution in [-0.2, 0) is 11.2 Å². The maximum atomic E-state index is 12.1. The molecule has 0 atom stereocenters. The van der Waals surface area contributed by atoms with Gasteiger partial charge in [0.15, 0.2) is 6.61 Å². The summed E-state index contributed by atoms with van der Waals surface area (Å²) in [6, 6.07) is 14.9. The van der Waals surface area contributed by atoms with Crippen LogP contribution in [0, 0.1) is 0 Å². The largest absolute Gasteiger partial charge is 0.482 e. The quantitative estimate of drug-likeness (QED) is 0.831. The Labute approximate surface area is 146 Å². The summed E-state index contributed by atoms with van der Waals surface area (Å²) in [4.78, 5) is 12.1. The third-order valence-corrected chi connectivity index (χ3v) is 3.75. The molecule has 5 heteroatoms. The molecule has 3 nitrogen and oxygen atoms in total. The zero-order chi connectivity index (χ0) is 16.9. The van der Waals surface area contributed by atoms with Crippen LogP contribution in [0.3, 0.4) is 0 Å². The maximum Gasteiger partial charge on any atom is 0.258 e. The van der Waals surface area contributed by atoms with Gasteiger partial charge in [0, 0.05) is 10.6 Å². The predicted molar refractivity (Wildman–Crippen MR) is 94.3 cm³/mol. The molecule has 0 aliphatic rings. The SMILES string of the molecule is CC(C)(Cc1ccccc1)NC(=O)COc1ccc(Cl)cc1Cl. The van der Waals surface area contributed by atoms with Gasteiger partial charge in [0.1, 0.15) is 5.75 Å². The molecule has 2 aromatic rings. The molecule has 1 amide bonds. The maximum absolute atomic E-state index is 12.1. The van der Waals surface area contributed by atoms with E-state index in [1.807, 2.05) is 44.2 Å². The van der Waals surface area contributed by atoms with E-state index in [-0.39, 0.29) is 18.1 Å². The number of hydrogen-bond acceptors (Lipinski definition) is 2. The van der Waals surface area contributed by atoms with Crippen molar-refractivity contribution in [3.8, 4) is 5.75 Å². The third-order valence-electron chi connectivity index (χ3n) is 3.22. The molecule has 0 radical (unpaired) electrons. The standard InChI is InChI=1S/C18H19Cl2NO2/c1-18(2,11-13-6-4-3-5-7-13)21-17(22)12-23-16-9-8-14(19)10-15(16)20/h3-10H,11-12H2,1-2H3,(H,21,22). The molecule has 2 rings (SSSR count). The zero-order valence-corrected chi connectivity index (χ0v) is 14.6. The zero-order valence-electron chi connectivity index (χ0n) is 13.1. The molecule has 0 heterocycles. The van der Waals surface area contributed by atoms with E-state index >= 15 is 0 Å². The molecule has 1 N–H and O–H groups in total. The molecule has 0 aromatic heterocycles. The number of carbonyl (C=O) groups is 1. The lowest BCUT2D eigenvalue weighted by atomic mass is 9.95. The summed E-state index contributed by atoms with van der Waals surface area (Å²) in [6.45, 7) is 3.86. The van der Waals surface area contributed by atoms with Crippen LogP contribution in [-0.4, -0.2) is 18.1 Å². The Bertz CT molecular complexity index is 672. The van der Waals surface area contributed by atoms with Gasteiger partial charge in [-0.15, -0.1) is 0 Å². The summed E-state index contributed by atoms with van der Waals surface area (Å²) in [5.74, 6) is 0.240. The van der Waals surface area contributed by atoms with Crippen molar-refractivity contribution in [3.63, 3.8) is 0 Å². The molecule has 0 aliphatic heterocycles. The summed E-state index contributed by atoms with van der Waals surface area (Å²) in [7, 11) is 0. The number of benzene rings is 2. The van der Waals surface area contributed by atoms with Gasteiger partial charge in [-0.1, -0.05) is 53.5 Å². The Morgan fingerprint density at radius 1 is 1.13 bits per heavy atom. The van der Waals surface area contributed by atoms with Gasteiger partial charge in [0.05, 0.1) is 5.02 Å². The number of halogens is 2. The van der Waals surface area contributed by atoms with Crippen molar-refractivity contribution in [3.05, 3.63) is 64.1 Å². The van der Waals surface area contributed by atoms with Crippen LogP contribution >= 0.6 is 23.2 Å². The van der Waals surface area contributed by atoms with Crippen molar-refractivity contribution in [2.24, 2.45) is 0 Å². The van der Waals surface area contributed by atoms with Crippen molar-refractivity contribution in [2.45, 2.75) is 25.8 Å². The molecule has 122 valence electrons. The Hall–Kier alpha value is -1.71. The minimum Gasteiger partial charge on any atom is -0.482 e. The fourth-order valence-corrected chi connectivity index (χ4v) is 2.76. The van der Waals surface area contributed by atoms with E-state index in [2.05, 4.69) is 5.32 Å². The molecular weight excluding hydrogens is 333 g/mol. The van der Waals surface area contributed by atoms with Gasteiger partial charge in [0.2, 0.25) is 0 Å². The highest BCUT2D eigenvalue weighted by atomic mass is 35.5. The van der Waals surface area contributed by atoms with E-state index in [4.69, 9.17) is 27.9 Å². The highest BCUT2D eigenvalue weighted by Gasteiger charge is 2.21. The molecule has 0 saturated carbocycles. The van der Waals surface area contributed by atoms with E-state index in [1.165, 1.54) is 5.56 Å². The molecule has 23 heavy (non-hydrogen) atoms. The van der Waals surface area contributed by atoms with E-state index in [0.29, 0.717) is 15.8 Å². The summed E-state index contributed by atoms with van der Waals surface area (Å²) in [6.07, 6.45) is 0.737. The highest BCUT2D eigenvalue weighted by molar-refractivity contribution is 6.35. The Morgan fingerprint density at radius 3 is 2.48 bits per heavy atom. The fourth-order valence-electron chi connectivity index (χ4n) is 2.30. The number of nitrogens with one attached hydrogen (secondary N) is 1. The van der Waals surface area contributed by atoms with Gasteiger partial charge in [-0.3, -0.25) is 4.79 Å². The Morgan fingerprint density at radius 2 is 1.83 bits per heavy atom. The van der Waals surface area contributed by atoms with Gasteiger partial charge in [-0.05, 0) is 44.0 Å². The minimum absolute atomic E-state index is 0.0976. The van der Waals surface area contributed by atoms with Crippen molar-refractivity contribution in [1.82, 2.24) is 5.32 Å².